The summed E-state index contributed by atoms with van der Waals surface area (Å²) in [4.78, 5) is 16.5. The average Bonchev–Trinajstić information content (AvgIpc) is 2.45. The van der Waals surface area contributed by atoms with Crippen LogP contribution < -0.4 is 4.90 Å². The number of hydrogen-bond donors (Lipinski definition) is 0. The Hall–Kier alpha value is -1.55. The molecule has 4 nitrogen and oxygen atoms in total. The SMILES string of the molecule is CCN(C)c1ccc(C(=O)N2CC(C)OC(C)C2)cc1. The van der Waals surface area contributed by atoms with Gasteiger partial charge in [0.15, 0.2) is 0 Å². The lowest BCUT2D eigenvalue weighted by Gasteiger charge is -2.35. The fraction of sp³-hybridized carbons (Fsp3) is 0.562. The van der Waals surface area contributed by atoms with Gasteiger partial charge < -0.3 is 14.5 Å². The third-order valence-corrected chi connectivity index (χ3v) is 3.74. The molecule has 0 N–H and O–H groups in total. The first-order valence-electron chi connectivity index (χ1n) is 7.27. The molecule has 1 saturated heterocycles. The molecule has 2 rings (SSSR count). The summed E-state index contributed by atoms with van der Waals surface area (Å²) in [5.74, 6) is 0.0951. The van der Waals surface area contributed by atoms with E-state index in [1.807, 2.05) is 50.1 Å². The molecule has 20 heavy (non-hydrogen) atoms. The molecular weight excluding hydrogens is 252 g/mol. The van der Waals surface area contributed by atoms with Gasteiger partial charge in [0.2, 0.25) is 0 Å². The summed E-state index contributed by atoms with van der Waals surface area (Å²) >= 11 is 0. The summed E-state index contributed by atoms with van der Waals surface area (Å²) < 4.78 is 5.67. The Kier molecular flexibility index (Phi) is 4.65. The van der Waals surface area contributed by atoms with E-state index in [1.165, 1.54) is 0 Å². The molecule has 2 atom stereocenters. The third-order valence-electron chi connectivity index (χ3n) is 3.74. The van der Waals surface area contributed by atoms with Crippen LogP contribution in [-0.2, 0) is 4.74 Å². The van der Waals surface area contributed by atoms with Crippen LogP contribution in [0.25, 0.3) is 0 Å². The normalized spacial score (nSPS) is 22.7. The molecule has 1 aromatic rings. The number of rotatable bonds is 3. The second kappa shape index (κ2) is 6.27. The number of ether oxygens (including phenoxy) is 1. The van der Waals surface area contributed by atoms with Crippen LogP contribution in [0.2, 0.25) is 0 Å². The smallest absolute Gasteiger partial charge is 0.254 e. The van der Waals surface area contributed by atoms with Gasteiger partial charge in [-0.2, -0.15) is 0 Å². The van der Waals surface area contributed by atoms with E-state index < -0.39 is 0 Å². The van der Waals surface area contributed by atoms with E-state index in [0.717, 1.165) is 17.8 Å². The number of amides is 1. The molecule has 0 aromatic heterocycles. The Morgan fingerprint density at radius 2 is 1.80 bits per heavy atom. The minimum atomic E-state index is 0.0951. The second-order valence-electron chi connectivity index (χ2n) is 5.53. The molecule has 1 amide bonds. The van der Waals surface area contributed by atoms with Crippen molar-refractivity contribution < 1.29 is 9.53 Å². The van der Waals surface area contributed by atoms with Crippen LogP contribution in [0.15, 0.2) is 24.3 Å². The molecule has 0 spiro atoms. The van der Waals surface area contributed by atoms with Gasteiger partial charge >= 0.3 is 0 Å². The van der Waals surface area contributed by atoms with Crippen LogP contribution >= 0.6 is 0 Å². The highest BCUT2D eigenvalue weighted by atomic mass is 16.5. The summed E-state index contributed by atoms with van der Waals surface area (Å²) in [6.45, 7) is 8.41. The first-order chi connectivity index (χ1) is 9.51. The largest absolute Gasteiger partial charge is 0.375 e. The van der Waals surface area contributed by atoms with Gasteiger partial charge in [0.25, 0.3) is 5.91 Å². The molecule has 1 heterocycles. The highest BCUT2D eigenvalue weighted by Gasteiger charge is 2.26. The maximum atomic E-state index is 12.5. The lowest BCUT2D eigenvalue weighted by atomic mass is 10.1. The van der Waals surface area contributed by atoms with Crippen molar-refractivity contribution >= 4 is 11.6 Å². The van der Waals surface area contributed by atoms with Gasteiger partial charge in [-0.1, -0.05) is 0 Å². The zero-order valence-electron chi connectivity index (χ0n) is 12.8. The van der Waals surface area contributed by atoms with Gasteiger partial charge in [0, 0.05) is 37.9 Å². The Morgan fingerprint density at radius 3 is 2.30 bits per heavy atom. The highest BCUT2D eigenvalue weighted by Crippen LogP contribution is 2.17. The predicted octanol–water partition coefficient (Wildman–Crippen LogP) is 2.39. The van der Waals surface area contributed by atoms with E-state index in [1.54, 1.807) is 0 Å². The standard InChI is InChI=1S/C16H24N2O2/c1-5-17(4)15-8-6-14(7-9-15)16(19)18-10-12(2)20-13(3)11-18/h6-9,12-13H,5,10-11H2,1-4H3. The van der Waals surface area contributed by atoms with E-state index in [4.69, 9.17) is 4.74 Å². The minimum Gasteiger partial charge on any atom is -0.375 e. The maximum Gasteiger partial charge on any atom is 0.254 e. The first-order valence-corrected chi connectivity index (χ1v) is 7.27. The van der Waals surface area contributed by atoms with Crippen molar-refractivity contribution in [3.8, 4) is 0 Å². The topological polar surface area (TPSA) is 32.8 Å². The number of hydrogen-bond acceptors (Lipinski definition) is 3. The summed E-state index contributed by atoms with van der Waals surface area (Å²) in [6.07, 6.45) is 0.210. The van der Waals surface area contributed by atoms with Crippen LogP contribution in [0.5, 0.6) is 0 Å². The van der Waals surface area contributed by atoms with Crippen molar-refractivity contribution in [1.82, 2.24) is 4.90 Å². The van der Waals surface area contributed by atoms with Crippen molar-refractivity contribution in [1.29, 1.82) is 0 Å². The summed E-state index contributed by atoms with van der Waals surface area (Å²) in [7, 11) is 2.04. The van der Waals surface area contributed by atoms with E-state index in [9.17, 15) is 4.79 Å². The lowest BCUT2D eigenvalue weighted by molar-refractivity contribution is -0.0586. The molecule has 0 radical (unpaired) electrons. The molecule has 0 aliphatic carbocycles. The van der Waals surface area contributed by atoms with Crippen molar-refractivity contribution in [2.24, 2.45) is 0 Å². The second-order valence-corrected chi connectivity index (χ2v) is 5.53. The van der Waals surface area contributed by atoms with Crippen molar-refractivity contribution in [2.45, 2.75) is 33.0 Å². The molecule has 110 valence electrons. The molecule has 4 heteroatoms. The predicted molar refractivity (Wildman–Crippen MR) is 81.3 cm³/mol. The summed E-state index contributed by atoms with van der Waals surface area (Å²) in [6, 6.07) is 7.83. The molecular formula is C16H24N2O2. The summed E-state index contributed by atoms with van der Waals surface area (Å²) in [5, 5.41) is 0. The molecule has 1 aromatic carbocycles. The first kappa shape index (κ1) is 14.9. The molecule has 1 aliphatic heterocycles. The van der Waals surface area contributed by atoms with Gasteiger partial charge in [-0.3, -0.25) is 4.79 Å². The third kappa shape index (κ3) is 3.31. The van der Waals surface area contributed by atoms with Crippen LogP contribution in [0.3, 0.4) is 0 Å². The van der Waals surface area contributed by atoms with Gasteiger partial charge in [0.05, 0.1) is 12.2 Å². The molecule has 0 saturated carbocycles. The van der Waals surface area contributed by atoms with Crippen LogP contribution in [0.1, 0.15) is 31.1 Å². The van der Waals surface area contributed by atoms with E-state index in [0.29, 0.717) is 13.1 Å². The Labute approximate surface area is 121 Å². The zero-order valence-corrected chi connectivity index (χ0v) is 12.8. The van der Waals surface area contributed by atoms with Crippen molar-refractivity contribution in [3.63, 3.8) is 0 Å². The van der Waals surface area contributed by atoms with Gasteiger partial charge in [-0.25, -0.2) is 0 Å². The Bertz CT molecular complexity index is 448. The van der Waals surface area contributed by atoms with Gasteiger partial charge in [-0.15, -0.1) is 0 Å². The van der Waals surface area contributed by atoms with Gasteiger partial charge in [-0.05, 0) is 45.0 Å². The zero-order chi connectivity index (χ0) is 14.7. The fourth-order valence-electron chi connectivity index (χ4n) is 2.57. The minimum absolute atomic E-state index is 0.0951. The van der Waals surface area contributed by atoms with Crippen LogP contribution in [0.4, 0.5) is 5.69 Å². The molecule has 0 bridgehead atoms. The van der Waals surface area contributed by atoms with E-state index in [-0.39, 0.29) is 18.1 Å². The molecule has 1 aliphatic rings. The molecule has 1 fully saturated rings. The van der Waals surface area contributed by atoms with Gasteiger partial charge in [0.1, 0.15) is 0 Å². The fourth-order valence-corrected chi connectivity index (χ4v) is 2.57. The average molecular weight is 276 g/mol. The Morgan fingerprint density at radius 1 is 1.25 bits per heavy atom. The van der Waals surface area contributed by atoms with Crippen LogP contribution in [-0.4, -0.2) is 49.7 Å². The lowest BCUT2D eigenvalue weighted by Crippen LogP contribution is -2.48. The number of nitrogens with zero attached hydrogens (tertiary/aromatic N) is 2. The number of anilines is 1. The maximum absolute atomic E-state index is 12.5. The van der Waals surface area contributed by atoms with E-state index in [2.05, 4.69) is 11.8 Å². The van der Waals surface area contributed by atoms with Crippen molar-refractivity contribution in [3.05, 3.63) is 29.8 Å². The quantitative estimate of drug-likeness (QED) is 0.850. The number of benzene rings is 1. The number of carbonyl (C=O) groups is 1. The number of morpholine rings is 1. The monoisotopic (exact) mass is 276 g/mol. The van der Waals surface area contributed by atoms with Crippen LogP contribution in [0, 0.1) is 0 Å². The highest BCUT2D eigenvalue weighted by molar-refractivity contribution is 5.94. The van der Waals surface area contributed by atoms with E-state index >= 15 is 0 Å². The molecule has 2 unspecified atom stereocenters. The van der Waals surface area contributed by atoms with Crippen molar-refractivity contribution in [2.75, 3.05) is 31.6 Å². The summed E-state index contributed by atoms with van der Waals surface area (Å²) in [5.41, 5.74) is 1.88. The number of carbonyl (C=O) groups excluding carboxylic acids is 1. The Balaban J connectivity index is 2.09.